The number of nitrogens with two attached hydrogens (primary N) is 3. The highest BCUT2D eigenvalue weighted by atomic mass is 16.4. The zero-order valence-corrected chi connectivity index (χ0v) is 21.7. The molecule has 0 aliphatic heterocycles. The summed E-state index contributed by atoms with van der Waals surface area (Å²) in [7, 11) is 0. The molecule has 0 radical (unpaired) electrons. The van der Waals surface area contributed by atoms with Crippen LogP contribution in [0.2, 0.25) is 0 Å². The second-order valence-corrected chi connectivity index (χ2v) is 9.24. The van der Waals surface area contributed by atoms with E-state index in [9.17, 15) is 39.0 Å². The highest BCUT2D eigenvalue weighted by Crippen LogP contribution is 2.19. The van der Waals surface area contributed by atoms with E-state index in [1.165, 1.54) is 0 Å². The molecule has 0 bridgehead atoms. The molecule has 4 amide bonds. The molecule has 0 fully saturated rings. The van der Waals surface area contributed by atoms with Crippen LogP contribution in [0.1, 0.15) is 37.7 Å². The van der Waals surface area contributed by atoms with Crippen molar-refractivity contribution in [3.05, 3.63) is 36.0 Å². The van der Waals surface area contributed by atoms with Crippen molar-refractivity contribution in [1.29, 1.82) is 0 Å². The molecular weight excluding hydrogens is 526 g/mol. The topological polar surface area (TPSA) is 273 Å². The number of fused-ring (bicyclic) bond motifs is 1. The molecule has 0 aliphatic rings. The Morgan fingerprint density at radius 1 is 0.850 bits per heavy atom. The van der Waals surface area contributed by atoms with Crippen LogP contribution in [0.3, 0.4) is 0 Å². The van der Waals surface area contributed by atoms with Crippen LogP contribution >= 0.6 is 0 Å². The molecule has 218 valence electrons. The molecule has 4 atom stereocenters. The number of benzene rings is 1. The summed E-state index contributed by atoms with van der Waals surface area (Å²) in [6.45, 7) is 0.426. The van der Waals surface area contributed by atoms with Gasteiger partial charge in [-0.2, -0.15) is 0 Å². The predicted molar refractivity (Wildman–Crippen MR) is 142 cm³/mol. The van der Waals surface area contributed by atoms with E-state index in [1.54, 1.807) is 12.3 Å². The quantitative estimate of drug-likeness (QED) is 0.0963. The van der Waals surface area contributed by atoms with Crippen molar-refractivity contribution < 1.29 is 39.0 Å². The fourth-order valence-electron chi connectivity index (χ4n) is 3.98. The third-order valence-electron chi connectivity index (χ3n) is 6.07. The summed E-state index contributed by atoms with van der Waals surface area (Å²) in [5.41, 5.74) is 17.9. The molecule has 1 aromatic carbocycles. The standard InChI is InChI=1S/C25H35N7O8/c26-8-4-3-6-15(27)22(36)30-17(9-13-12-29-16-7-2-1-5-14(13)16)23(37)31-18(11-21(34)35)24(38)32-19(25(39)40)10-20(28)33/h1-2,5,7,12,15,17-19,29H,3-4,6,8-11,26-27H2,(H2,28,33)(H,30,36)(H,31,37)(H,32,38)(H,34,35)(H,39,40). The highest BCUT2D eigenvalue weighted by molar-refractivity contribution is 5.96. The Morgan fingerprint density at radius 2 is 1.48 bits per heavy atom. The number of amides is 4. The second kappa shape index (κ2) is 15.2. The van der Waals surface area contributed by atoms with Gasteiger partial charge in [0, 0.05) is 23.5 Å². The number of unbranched alkanes of at least 4 members (excludes halogenated alkanes) is 1. The minimum absolute atomic E-state index is 0.0437. The lowest BCUT2D eigenvalue weighted by Crippen LogP contribution is -2.58. The van der Waals surface area contributed by atoms with E-state index in [4.69, 9.17) is 17.2 Å². The van der Waals surface area contributed by atoms with Crippen molar-refractivity contribution in [3.63, 3.8) is 0 Å². The monoisotopic (exact) mass is 561 g/mol. The lowest BCUT2D eigenvalue weighted by Gasteiger charge is -2.24. The Kier molecular flexibility index (Phi) is 12.0. The molecule has 1 aromatic heterocycles. The van der Waals surface area contributed by atoms with Gasteiger partial charge < -0.3 is 48.3 Å². The number of nitrogens with one attached hydrogen (secondary N) is 4. The number of hydrogen-bond acceptors (Lipinski definition) is 8. The Morgan fingerprint density at radius 3 is 2.10 bits per heavy atom. The number of H-pyrrole nitrogens is 1. The maximum absolute atomic E-state index is 13.4. The van der Waals surface area contributed by atoms with Gasteiger partial charge in [0.05, 0.1) is 18.9 Å². The molecule has 15 heteroatoms. The fourth-order valence-corrected chi connectivity index (χ4v) is 3.98. The number of carbonyl (C=O) groups excluding carboxylic acids is 4. The first kappa shape index (κ1) is 31.7. The van der Waals surface area contributed by atoms with Gasteiger partial charge in [-0.05, 0) is 31.0 Å². The number of aliphatic carboxylic acids is 2. The van der Waals surface area contributed by atoms with E-state index in [2.05, 4.69) is 15.6 Å². The van der Waals surface area contributed by atoms with E-state index in [0.29, 0.717) is 31.4 Å². The minimum atomic E-state index is -1.74. The van der Waals surface area contributed by atoms with Crippen LogP contribution in [0.4, 0.5) is 0 Å². The molecule has 12 N–H and O–H groups in total. The first-order valence-corrected chi connectivity index (χ1v) is 12.6. The molecule has 0 spiro atoms. The normalized spacial score (nSPS) is 13.9. The smallest absolute Gasteiger partial charge is 0.326 e. The Balaban J connectivity index is 2.29. The van der Waals surface area contributed by atoms with Crippen LogP contribution < -0.4 is 33.2 Å². The Bertz CT molecular complexity index is 1230. The van der Waals surface area contributed by atoms with E-state index in [-0.39, 0.29) is 6.42 Å². The van der Waals surface area contributed by atoms with Gasteiger partial charge in [-0.25, -0.2) is 4.79 Å². The summed E-state index contributed by atoms with van der Waals surface area (Å²) in [5.74, 6) is -6.78. The molecule has 15 nitrogen and oxygen atoms in total. The second-order valence-electron chi connectivity index (χ2n) is 9.24. The molecule has 0 saturated heterocycles. The van der Waals surface area contributed by atoms with E-state index >= 15 is 0 Å². The fraction of sp³-hybridized carbons (Fsp3) is 0.440. The SMILES string of the molecule is NCCCCC(N)C(=O)NC(Cc1c[nH]c2ccccc12)C(=O)NC(CC(=O)O)C(=O)NC(CC(N)=O)C(=O)O. The Hall–Kier alpha value is -4.50. The summed E-state index contributed by atoms with van der Waals surface area (Å²) in [6.07, 6.45) is 1.49. The van der Waals surface area contributed by atoms with Crippen molar-refractivity contribution >= 4 is 46.5 Å². The first-order chi connectivity index (χ1) is 18.9. The van der Waals surface area contributed by atoms with Crippen LogP contribution in [0.5, 0.6) is 0 Å². The van der Waals surface area contributed by atoms with Gasteiger partial charge in [0.2, 0.25) is 23.6 Å². The van der Waals surface area contributed by atoms with Gasteiger partial charge >= 0.3 is 11.9 Å². The number of hydrogen-bond donors (Lipinski definition) is 9. The number of aromatic nitrogens is 1. The van der Waals surface area contributed by atoms with E-state index in [0.717, 1.165) is 10.9 Å². The number of rotatable bonds is 17. The van der Waals surface area contributed by atoms with Crippen molar-refractivity contribution in [2.45, 2.75) is 62.7 Å². The summed E-state index contributed by atoms with van der Waals surface area (Å²) < 4.78 is 0. The molecular formula is C25H35N7O8. The molecule has 1 heterocycles. The number of carbonyl (C=O) groups is 6. The van der Waals surface area contributed by atoms with Crippen LogP contribution in [-0.4, -0.2) is 81.5 Å². The zero-order chi connectivity index (χ0) is 29.8. The minimum Gasteiger partial charge on any atom is -0.481 e. The number of aromatic amines is 1. The average molecular weight is 562 g/mol. The highest BCUT2D eigenvalue weighted by Gasteiger charge is 2.32. The number of carboxylic acids is 2. The summed E-state index contributed by atoms with van der Waals surface area (Å²) in [6, 6.07) is 1.52. The summed E-state index contributed by atoms with van der Waals surface area (Å²) in [4.78, 5) is 76.1. The Labute approximate surface area is 229 Å². The molecule has 2 aromatic rings. The van der Waals surface area contributed by atoms with Crippen LogP contribution in [-0.2, 0) is 35.2 Å². The van der Waals surface area contributed by atoms with Gasteiger partial charge in [-0.1, -0.05) is 24.6 Å². The first-order valence-electron chi connectivity index (χ1n) is 12.6. The van der Waals surface area contributed by atoms with Gasteiger partial charge in [-0.3, -0.25) is 24.0 Å². The van der Waals surface area contributed by atoms with Crippen LogP contribution in [0.25, 0.3) is 10.9 Å². The number of carboxylic acid groups (broad SMARTS) is 2. The zero-order valence-electron chi connectivity index (χ0n) is 21.7. The van der Waals surface area contributed by atoms with Crippen molar-refractivity contribution in [2.75, 3.05) is 6.54 Å². The van der Waals surface area contributed by atoms with Crippen LogP contribution in [0.15, 0.2) is 30.5 Å². The average Bonchev–Trinajstić information content (AvgIpc) is 3.29. The predicted octanol–water partition coefficient (Wildman–Crippen LogP) is -1.94. The van der Waals surface area contributed by atoms with Crippen molar-refractivity contribution in [3.8, 4) is 0 Å². The molecule has 4 unspecified atom stereocenters. The van der Waals surface area contributed by atoms with E-state index in [1.807, 2.05) is 23.5 Å². The molecule has 40 heavy (non-hydrogen) atoms. The number of primary amides is 1. The lowest BCUT2D eigenvalue weighted by atomic mass is 10.0. The number of para-hydroxylation sites is 1. The molecule has 0 aliphatic carbocycles. The molecule has 2 rings (SSSR count). The lowest BCUT2D eigenvalue weighted by molar-refractivity contribution is -0.144. The van der Waals surface area contributed by atoms with Crippen LogP contribution in [0, 0.1) is 0 Å². The summed E-state index contributed by atoms with van der Waals surface area (Å²) >= 11 is 0. The summed E-state index contributed by atoms with van der Waals surface area (Å²) in [5, 5.41) is 26.2. The maximum atomic E-state index is 13.4. The van der Waals surface area contributed by atoms with Gasteiger partial charge in [0.15, 0.2) is 0 Å². The van der Waals surface area contributed by atoms with Crippen molar-refractivity contribution in [1.82, 2.24) is 20.9 Å². The third kappa shape index (κ3) is 9.67. The van der Waals surface area contributed by atoms with E-state index < -0.39 is 72.6 Å². The molecule has 0 saturated carbocycles. The van der Waals surface area contributed by atoms with Gasteiger partial charge in [-0.15, -0.1) is 0 Å². The maximum Gasteiger partial charge on any atom is 0.326 e. The van der Waals surface area contributed by atoms with Crippen molar-refractivity contribution in [2.24, 2.45) is 17.2 Å². The van der Waals surface area contributed by atoms with Gasteiger partial charge in [0.1, 0.15) is 18.1 Å². The van der Waals surface area contributed by atoms with Gasteiger partial charge in [0.25, 0.3) is 0 Å². The largest absolute Gasteiger partial charge is 0.481 e. The third-order valence-corrected chi connectivity index (χ3v) is 6.07.